The quantitative estimate of drug-likeness (QED) is 0.880. The van der Waals surface area contributed by atoms with E-state index in [4.69, 9.17) is 23.2 Å². The number of pyridine rings is 1. The number of benzene rings is 1. The Hall–Kier alpha value is -2.11. The van der Waals surface area contributed by atoms with Crippen LogP contribution in [0.3, 0.4) is 0 Å². The molecule has 2 aromatic rings. The van der Waals surface area contributed by atoms with Crippen molar-refractivity contribution < 1.29 is 9.59 Å². The molecule has 5 nitrogen and oxygen atoms in total. The first-order valence-corrected chi connectivity index (χ1v) is 8.72. The molecule has 1 aromatic carbocycles. The van der Waals surface area contributed by atoms with E-state index < -0.39 is 6.04 Å². The number of nitrogens with zero attached hydrogens (tertiary/aromatic N) is 2. The molecule has 2 amide bonds. The average molecular weight is 378 g/mol. The van der Waals surface area contributed by atoms with Gasteiger partial charge in [0, 0.05) is 17.3 Å². The Balaban J connectivity index is 1.78. The summed E-state index contributed by atoms with van der Waals surface area (Å²) in [6.07, 6.45) is 1.36. The number of hydrogen-bond donors (Lipinski definition) is 1. The largest absolute Gasteiger partial charge is 0.325 e. The van der Waals surface area contributed by atoms with Gasteiger partial charge in [-0.1, -0.05) is 29.3 Å². The van der Waals surface area contributed by atoms with Gasteiger partial charge in [-0.15, -0.1) is 0 Å². The van der Waals surface area contributed by atoms with Crippen molar-refractivity contribution in [2.75, 3.05) is 11.9 Å². The summed E-state index contributed by atoms with van der Waals surface area (Å²) in [5.41, 5.74) is 1.55. The van der Waals surface area contributed by atoms with Gasteiger partial charge >= 0.3 is 0 Å². The zero-order valence-electron chi connectivity index (χ0n) is 13.6. The van der Waals surface area contributed by atoms with E-state index in [-0.39, 0.29) is 11.8 Å². The molecular weight excluding hydrogens is 361 g/mol. The molecule has 1 aliphatic rings. The van der Waals surface area contributed by atoms with Gasteiger partial charge in [0.15, 0.2) is 0 Å². The molecule has 1 fully saturated rings. The predicted octanol–water partition coefficient (Wildman–Crippen LogP) is 3.94. The van der Waals surface area contributed by atoms with Gasteiger partial charge in [-0.05, 0) is 50.1 Å². The van der Waals surface area contributed by atoms with Crippen molar-refractivity contribution in [1.82, 2.24) is 9.88 Å². The van der Waals surface area contributed by atoms with Gasteiger partial charge in [-0.25, -0.2) is 4.98 Å². The second kappa shape index (κ2) is 7.42. The molecule has 1 atom stereocenters. The molecule has 3 rings (SSSR count). The molecule has 0 unspecified atom stereocenters. The molecule has 1 saturated heterocycles. The van der Waals surface area contributed by atoms with Gasteiger partial charge in [0.2, 0.25) is 5.91 Å². The predicted molar refractivity (Wildman–Crippen MR) is 98.1 cm³/mol. The molecule has 1 aromatic heterocycles. The lowest BCUT2D eigenvalue weighted by Gasteiger charge is -2.24. The molecule has 0 spiro atoms. The minimum absolute atomic E-state index is 0.237. The van der Waals surface area contributed by atoms with Crippen LogP contribution in [0.15, 0.2) is 36.4 Å². The topological polar surface area (TPSA) is 62.3 Å². The van der Waals surface area contributed by atoms with Crippen LogP contribution in [-0.4, -0.2) is 34.3 Å². The number of rotatable bonds is 3. The van der Waals surface area contributed by atoms with E-state index in [0.717, 1.165) is 12.1 Å². The molecule has 0 aliphatic carbocycles. The molecule has 2 heterocycles. The van der Waals surface area contributed by atoms with Crippen molar-refractivity contribution >= 4 is 40.7 Å². The van der Waals surface area contributed by atoms with Crippen molar-refractivity contribution in [1.29, 1.82) is 0 Å². The highest BCUT2D eigenvalue weighted by atomic mass is 35.5. The number of carbonyl (C=O) groups is 2. The fraction of sp³-hybridized carbons (Fsp3) is 0.278. The number of amides is 2. The zero-order chi connectivity index (χ0) is 18.0. The minimum Gasteiger partial charge on any atom is -0.325 e. The SMILES string of the molecule is Cc1cccc(C(=O)N2CCC[C@@H]2C(=O)Nc2cc(Cl)ccc2Cl)n1. The van der Waals surface area contributed by atoms with E-state index in [2.05, 4.69) is 10.3 Å². The number of carbonyl (C=O) groups excluding carboxylic acids is 2. The van der Waals surface area contributed by atoms with Gasteiger partial charge in [0.1, 0.15) is 11.7 Å². The summed E-state index contributed by atoms with van der Waals surface area (Å²) < 4.78 is 0. The van der Waals surface area contributed by atoms with Gasteiger partial charge in [0.25, 0.3) is 5.91 Å². The zero-order valence-corrected chi connectivity index (χ0v) is 15.1. The third kappa shape index (κ3) is 3.94. The summed E-state index contributed by atoms with van der Waals surface area (Å²) in [4.78, 5) is 31.2. The molecule has 0 radical (unpaired) electrons. The van der Waals surface area contributed by atoms with E-state index in [1.807, 2.05) is 13.0 Å². The van der Waals surface area contributed by atoms with E-state index >= 15 is 0 Å². The maximum absolute atomic E-state index is 12.7. The highest BCUT2D eigenvalue weighted by molar-refractivity contribution is 6.35. The third-order valence-electron chi connectivity index (χ3n) is 4.11. The number of hydrogen-bond acceptors (Lipinski definition) is 3. The van der Waals surface area contributed by atoms with Crippen molar-refractivity contribution in [3.05, 3.63) is 57.8 Å². The van der Waals surface area contributed by atoms with Crippen LogP contribution in [0.25, 0.3) is 0 Å². The van der Waals surface area contributed by atoms with E-state index in [0.29, 0.717) is 34.4 Å². The lowest BCUT2D eigenvalue weighted by Crippen LogP contribution is -2.43. The Labute approximate surface area is 155 Å². The molecule has 0 saturated carbocycles. The molecule has 25 heavy (non-hydrogen) atoms. The van der Waals surface area contributed by atoms with Crippen molar-refractivity contribution in [2.24, 2.45) is 0 Å². The number of likely N-dealkylation sites (tertiary alicyclic amines) is 1. The smallest absolute Gasteiger partial charge is 0.273 e. The first-order valence-electron chi connectivity index (χ1n) is 7.96. The van der Waals surface area contributed by atoms with Crippen molar-refractivity contribution in [2.45, 2.75) is 25.8 Å². The Bertz CT molecular complexity index is 826. The summed E-state index contributed by atoms with van der Waals surface area (Å²) in [6.45, 7) is 2.35. The second-order valence-electron chi connectivity index (χ2n) is 5.93. The monoisotopic (exact) mass is 377 g/mol. The van der Waals surface area contributed by atoms with Crippen molar-refractivity contribution in [3.8, 4) is 0 Å². The number of nitrogens with one attached hydrogen (secondary N) is 1. The standard InChI is InChI=1S/C18H17Cl2N3O2/c1-11-4-2-5-14(21-11)18(25)23-9-3-6-16(23)17(24)22-15-10-12(19)7-8-13(15)20/h2,4-5,7-8,10,16H,3,6,9H2,1H3,(H,22,24)/t16-/m1/s1. The fourth-order valence-electron chi connectivity index (χ4n) is 2.90. The molecule has 1 aliphatic heterocycles. The van der Waals surface area contributed by atoms with Crippen LogP contribution in [-0.2, 0) is 4.79 Å². The Morgan fingerprint density at radius 2 is 2.04 bits per heavy atom. The Morgan fingerprint density at radius 1 is 1.24 bits per heavy atom. The summed E-state index contributed by atoms with van der Waals surface area (Å²) in [5, 5.41) is 3.64. The highest BCUT2D eigenvalue weighted by Gasteiger charge is 2.35. The van der Waals surface area contributed by atoms with Crippen LogP contribution < -0.4 is 5.32 Å². The van der Waals surface area contributed by atoms with Crippen LogP contribution in [0.5, 0.6) is 0 Å². The van der Waals surface area contributed by atoms with Crippen LogP contribution >= 0.6 is 23.2 Å². The second-order valence-corrected chi connectivity index (χ2v) is 6.78. The molecular formula is C18H17Cl2N3O2. The van der Waals surface area contributed by atoms with Gasteiger partial charge in [-0.3, -0.25) is 9.59 Å². The number of anilines is 1. The molecule has 7 heteroatoms. The fourth-order valence-corrected chi connectivity index (χ4v) is 3.24. The molecule has 0 bridgehead atoms. The highest BCUT2D eigenvalue weighted by Crippen LogP contribution is 2.27. The van der Waals surface area contributed by atoms with E-state index in [1.54, 1.807) is 35.2 Å². The summed E-state index contributed by atoms with van der Waals surface area (Å²) in [6, 6.07) is 9.58. The van der Waals surface area contributed by atoms with Crippen molar-refractivity contribution in [3.63, 3.8) is 0 Å². The maximum atomic E-state index is 12.7. The van der Waals surface area contributed by atoms with Gasteiger partial charge < -0.3 is 10.2 Å². The van der Waals surface area contributed by atoms with Gasteiger partial charge in [0.05, 0.1) is 10.7 Å². The number of aryl methyl sites for hydroxylation is 1. The molecule has 1 N–H and O–H groups in total. The summed E-state index contributed by atoms with van der Waals surface area (Å²) in [5.74, 6) is -0.513. The summed E-state index contributed by atoms with van der Waals surface area (Å²) >= 11 is 12.0. The number of aromatic nitrogens is 1. The van der Waals surface area contributed by atoms with Crippen LogP contribution in [0.1, 0.15) is 29.0 Å². The van der Waals surface area contributed by atoms with Gasteiger partial charge in [-0.2, -0.15) is 0 Å². The maximum Gasteiger partial charge on any atom is 0.273 e. The minimum atomic E-state index is -0.551. The first-order chi connectivity index (χ1) is 12.0. The normalized spacial score (nSPS) is 16.8. The number of halogens is 2. The summed E-state index contributed by atoms with van der Waals surface area (Å²) in [7, 11) is 0. The van der Waals surface area contributed by atoms with Crippen LogP contribution in [0.4, 0.5) is 5.69 Å². The first kappa shape index (κ1) is 17.7. The van der Waals surface area contributed by atoms with Crippen LogP contribution in [0.2, 0.25) is 10.0 Å². The van der Waals surface area contributed by atoms with Crippen LogP contribution in [0, 0.1) is 6.92 Å². The molecule has 130 valence electrons. The lowest BCUT2D eigenvalue weighted by atomic mass is 10.2. The van der Waals surface area contributed by atoms with E-state index in [9.17, 15) is 9.59 Å². The van der Waals surface area contributed by atoms with E-state index in [1.165, 1.54) is 0 Å². The average Bonchev–Trinajstić information content (AvgIpc) is 3.07. The Morgan fingerprint density at radius 3 is 2.80 bits per heavy atom. The lowest BCUT2D eigenvalue weighted by molar-refractivity contribution is -0.119. The third-order valence-corrected chi connectivity index (χ3v) is 4.67. The Kier molecular flexibility index (Phi) is 5.25.